The number of rotatable bonds is 10. The third-order valence-corrected chi connectivity index (χ3v) is 3.45. The lowest BCUT2D eigenvalue weighted by Gasteiger charge is -2.14. The molecule has 23 heavy (non-hydrogen) atoms. The zero-order valence-electron chi connectivity index (χ0n) is 14.0. The smallest absolute Gasteiger partial charge is 0.161 e. The van der Waals surface area contributed by atoms with E-state index < -0.39 is 0 Å². The van der Waals surface area contributed by atoms with Gasteiger partial charge in [0.2, 0.25) is 0 Å². The first-order chi connectivity index (χ1) is 11.3. The standard InChI is InChI=1S/C19H26N2O2/c1-3-5-8-13-23-17-11-10-16(14-18(17)22-4-2)15-21-19-9-6-7-12-20-19/h6-7,9-12,14H,3-5,8,13,15H2,1-2H3,(H,20,21). The van der Waals surface area contributed by atoms with Crippen molar-refractivity contribution in [3.8, 4) is 11.5 Å². The van der Waals surface area contributed by atoms with Gasteiger partial charge in [-0.3, -0.25) is 0 Å². The number of hydrogen-bond acceptors (Lipinski definition) is 4. The van der Waals surface area contributed by atoms with Crippen LogP contribution in [0, 0.1) is 0 Å². The van der Waals surface area contributed by atoms with Crippen molar-refractivity contribution in [1.29, 1.82) is 0 Å². The second-order valence-corrected chi connectivity index (χ2v) is 5.34. The minimum atomic E-state index is 0.627. The third kappa shape index (κ3) is 5.81. The third-order valence-electron chi connectivity index (χ3n) is 3.45. The van der Waals surface area contributed by atoms with E-state index in [1.54, 1.807) is 6.20 Å². The van der Waals surface area contributed by atoms with Crippen LogP contribution in [-0.4, -0.2) is 18.2 Å². The lowest BCUT2D eigenvalue weighted by atomic mass is 10.2. The van der Waals surface area contributed by atoms with Crippen molar-refractivity contribution in [3.05, 3.63) is 48.2 Å². The highest BCUT2D eigenvalue weighted by Gasteiger charge is 2.07. The van der Waals surface area contributed by atoms with Crippen molar-refractivity contribution in [1.82, 2.24) is 4.98 Å². The molecule has 1 N–H and O–H groups in total. The molecular formula is C19H26N2O2. The van der Waals surface area contributed by atoms with Crippen LogP contribution in [0.5, 0.6) is 11.5 Å². The Hall–Kier alpha value is -2.23. The molecule has 1 aromatic carbocycles. The first-order valence-corrected chi connectivity index (χ1v) is 8.37. The van der Waals surface area contributed by atoms with Crippen LogP contribution < -0.4 is 14.8 Å². The number of pyridine rings is 1. The Morgan fingerprint density at radius 3 is 2.65 bits per heavy atom. The highest BCUT2D eigenvalue weighted by molar-refractivity contribution is 5.44. The molecule has 0 aliphatic heterocycles. The molecule has 2 rings (SSSR count). The molecule has 2 aromatic rings. The molecule has 1 aromatic heterocycles. The van der Waals surface area contributed by atoms with Crippen LogP contribution in [0.3, 0.4) is 0 Å². The van der Waals surface area contributed by atoms with Gasteiger partial charge in [-0.1, -0.05) is 31.9 Å². The number of unbranched alkanes of at least 4 members (excludes halogenated alkanes) is 2. The van der Waals surface area contributed by atoms with Crippen LogP contribution in [0.15, 0.2) is 42.6 Å². The van der Waals surface area contributed by atoms with Crippen LogP contribution in [0.2, 0.25) is 0 Å². The molecule has 4 heteroatoms. The lowest BCUT2D eigenvalue weighted by Crippen LogP contribution is -2.04. The summed E-state index contributed by atoms with van der Waals surface area (Å²) in [5.74, 6) is 2.50. The minimum absolute atomic E-state index is 0.627. The first-order valence-electron chi connectivity index (χ1n) is 8.37. The predicted octanol–water partition coefficient (Wildman–Crippen LogP) is 4.66. The van der Waals surface area contributed by atoms with Gasteiger partial charge in [-0.2, -0.15) is 0 Å². The molecule has 0 aliphatic rings. The average Bonchev–Trinajstić information content (AvgIpc) is 2.59. The number of benzene rings is 1. The summed E-state index contributed by atoms with van der Waals surface area (Å²) < 4.78 is 11.6. The Morgan fingerprint density at radius 1 is 1.00 bits per heavy atom. The molecule has 0 atom stereocenters. The predicted molar refractivity (Wildman–Crippen MR) is 94.2 cm³/mol. The van der Waals surface area contributed by atoms with E-state index in [0.29, 0.717) is 13.2 Å². The maximum absolute atomic E-state index is 5.85. The zero-order valence-corrected chi connectivity index (χ0v) is 14.0. The Labute approximate surface area is 138 Å². The molecule has 0 saturated carbocycles. The van der Waals surface area contributed by atoms with Gasteiger partial charge in [-0.15, -0.1) is 0 Å². The number of nitrogens with one attached hydrogen (secondary N) is 1. The van der Waals surface area contributed by atoms with Crippen molar-refractivity contribution < 1.29 is 9.47 Å². The van der Waals surface area contributed by atoms with E-state index in [1.165, 1.54) is 12.8 Å². The number of aromatic nitrogens is 1. The summed E-state index contributed by atoms with van der Waals surface area (Å²) >= 11 is 0. The van der Waals surface area contributed by atoms with E-state index in [2.05, 4.69) is 23.3 Å². The number of hydrogen-bond donors (Lipinski definition) is 1. The quantitative estimate of drug-likeness (QED) is 0.648. The Kier molecular flexibility index (Phi) is 7.24. The normalized spacial score (nSPS) is 10.3. The summed E-state index contributed by atoms with van der Waals surface area (Å²) in [6, 6.07) is 11.9. The van der Waals surface area contributed by atoms with Gasteiger partial charge < -0.3 is 14.8 Å². The van der Waals surface area contributed by atoms with Gasteiger partial charge in [0, 0.05) is 12.7 Å². The van der Waals surface area contributed by atoms with Gasteiger partial charge in [0.1, 0.15) is 5.82 Å². The average molecular weight is 314 g/mol. The maximum atomic E-state index is 5.85. The number of ether oxygens (including phenoxy) is 2. The molecule has 0 bridgehead atoms. The van der Waals surface area contributed by atoms with Crippen LogP contribution >= 0.6 is 0 Å². The van der Waals surface area contributed by atoms with E-state index in [4.69, 9.17) is 9.47 Å². The Morgan fingerprint density at radius 2 is 1.91 bits per heavy atom. The zero-order chi connectivity index (χ0) is 16.3. The fourth-order valence-corrected chi connectivity index (χ4v) is 2.24. The van der Waals surface area contributed by atoms with Gasteiger partial charge >= 0.3 is 0 Å². The van der Waals surface area contributed by atoms with Gasteiger partial charge in [0.25, 0.3) is 0 Å². The van der Waals surface area contributed by atoms with Crippen molar-refractivity contribution in [3.63, 3.8) is 0 Å². The summed E-state index contributed by atoms with van der Waals surface area (Å²) in [6.45, 7) is 6.24. The second-order valence-electron chi connectivity index (χ2n) is 5.34. The molecule has 0 aliphatic carbocycles. The van der Waals surface area contributed by atoms with E-state index >= 15 is 0 Å². The summed E-state index contributed by atoms with van der Waals surface area (Å²) in [7, 11) is 0. The highest BCUT2D eigenvalue weighted by Crippen LogP contribution is 2.29. The molecule has 1 heterocycles. The van der Waals surface area contributed by atoms with E-state index in [9.17, 15) is 0 Å². The van der Waals surface area contributed by atoms with Gasteiger partial charge in [-0.25, -0.2) is 4.98 Å². The molecule has 0 fully saturated rings. The topological polar surface area (TPSA) is 43.4 Å². The minimum Gasteiger partial charge on any atom is -0.490 e. The molecule has 124 valence electrons. The second kappa shape index (κ2) is 9.72. The Bertz CT molecular complexity index is 573. The summed E-state index contributed by atoms with van der Waals surface area (Å²) in [6.07, 6.45) is 5.24. The summed E-state index contributed by atoms with van der Waals surface area (Å²) in [4.78, 5) is 4.26. The number of anilines is 1. The van der Waals surface area contributed by atoms with E-state index in [0.717, 1.165) is 35.9 Å². The summed E-state index contributed by atoms with van der Waals surface area (Å²) in [5.41, 5.74) is 1.14. The van der Waals surface area contributed by atoms with Crippen LogP contribution in [0.25, 0.3) is 0 Å². The van der Waals surface area contributed by atoms with Gasteiger partial charge in [-0.05, 0) is 43.2 Å². The fourth-order valence-electron chi connectivity index (χ4n) is 2.24. The van der Waals surface area contributed by atoms with E-state index in [-0.39, 0.29) is 0 Å². The molecule has 0 spiro atoms. The summed E-state index contributed by atoms with van der Waals surface area (Å²) in [5, 5.41) is 3.30. The van der Waals surface area contributed by atoms with Crippen molar-refractivity contribution in [2.24, 2.45) is 0 Å². The van der Waals surface area contributed by atoms with Gasteiger partial charge in [0.15, 0.2) is 11.5 Å². The molecule has 0 radical (unpaired) electrons. The highest BCUT2D eigenvalue weighted by atomic mass is 16.5. The van der Waals surface area contributed by atoms with Crippen molar-refractivity contribution >= 4 is 5.82 Å². The lowest BCUT2D eigenvalue weighted by molar-refractivity contribution is 0.271. The maximum Gasteiger partial charge on any atom is 0.161 e. The number of nitrogens with zero attached hydrogens (tertiary/aromatic N) is 1. The molecule has 0 unspecified atom stereocenters. The SMILES string of the molecule is CCCCCOc1ccc(CNc2ccccn2)cc1OCC. The first kappa shape index (κ1) is 17.1. The fraction of sp³-hybridized carbons (Fsp3) is 0.421. The molecular weight excluding hydrogens is 288 g/mol. The van der Waals surface area contributed by atoms with Crippen molar-refractivity contribution in [2.75, 3.05) is 18.5 Å². The molecule has 0 amide bonds. The van der Waals surface area contributed by atoms with E-state index in [1.807, 2.05) is 37.3 Å². The molecule has 4 nitrogen and oxygen atoms in total. The molecule has 0 saturated heterocycles. The van der Waals surface area contributed by atoms with Crippen molar-refractivity contribution in [2.45, 2.75) is 39.7 Å². The monoisotopic (exact) mass is 314 g/mol. The van der Waals surface area contributed by atoms with Gasteiger partial charge in [0.05, 0.1) is 13.2 Å². The van der Waals surface area contributed by atoms with Crippen LogP contribution in [0.4, 0.5) is 5.82 Å². The van der Waals surface area contributed by atoms with Crippen LogP contribution in [-0.2, 0) is 6.54 Å². The van der Waals surface area contributed by atoms with Crippen LogP contribution in [0.1, 0.15) is 38.7 Å². The largest absolute Gasteiger partial charge is 0.490 e. The Balaban J connectivity index is 1.97.